The molecule has 0 radical (unpaired) electrons. The average molecular weight is 356 g/mol. The van der Waals surface area contributed by atoms with Crippen LogP contribution in [0.1, 0.15) is 12.6 Å². The van der Waals surface area contributed by atoms with E-state index < -0.39 is 11.3 Å². The van der Waals surface area contributed by atoms with Crippen LogP contribution in [-0.2, 0) is 16.1 Å². The number of amides is 1. The molecule has 0 aliphatic rings. The van der Waals surface area contributed by atoms with E-state index in [4.69, 9.17) is 4.18 Å². The van der Waals surface area contributed by atoms with Gasteiger partial charge in [-0.15, -0.1) is 5.10 Å². The van der Waals surface area contributed by atoms with Gasteiger partial charge in [0.05, 0.1) is 5.69 Å². The molecule has 0 fully saturated rings. The first-order valence-electron chi connectivity index (χ1n) is 7.49. The van der Waals surface area contributed by atoms with E-state index in [1.165, 1.54) is 6.92 Å². The van der Waals surface area contributed by atoms with Crippen molar-refractivity contribution in [1.29, 1.82) is 0 Å². The van der Waals surface area contributed by atoms with Gasteiger partial charge >= 0.3 is 11.3 Å². The highest BCUT2D eigenvalue weighted by Gasteiger charge is 2.10. The number of nitrogens with one attached hydrogen (secondary N) is 2. The highest BCUT2D eigenvalue weighted by molar-refractivity contribution is 7.82. The lowest BCUT2D eigenvalue weighted by molar-refractivity contribution is -0.114. The lowest BCUT2D eigenvalue weighted by Crippen LogP contribution is -2.13. The van der Waals surface area contributed by atoms with Crippen molar-refractivity contribution in [3.63, 3.8) is 0 Å². The molecule has 2 aromatic carbocycles. The number of nitrogens with zero attached hydrogens (tertiary/aromatic N) is 2. The van der Waals surface area contributed by atoms with Crippen LogP contribution in [0, 0.1) is 6.92 Å². The zero-order valence-corrected chi connectivity index (χ0v) is 14.5. The largest absolute Gasteiger partial charge is 0.385 e. The summed E-state index contributed by atoms with van der Waals surface area (Å²) in [5.41, 5.74) is 1.43. The SMILES string of the molecule is CC(=O)Nc1ccc(O[S@@](=O)Nc2nnc(C)c3ccccc23)cc1. The maximum Gasteiger partial charge on any atom is 0.317 e. The molecule has 0 bridgehead atoms. The molecule has 3 rings (SSSR count). The lowest BCUT2D eigenvalue weighted by Gasteiger charge is -2.10. The highest BCUT2D eigenvalue weighted by atomic mass is 32.2. The number of benzene rings is 2. The van der Waals surface area contributed by atoms with E-state index >= 15 is 0 Å². The Morgan fingerprint density at radius 1 is 1.04 bits per heavy atom. The van der Waals surface area contributed by atoms with Gasteiger partial charge in [0.15, 0.2) is 5.82 Å². The molecule has 1 heterocycles. The van der Waals surface area contributed by atoms with Crippen molar-refractivity contribution >= 4 is 39.5 Å². The number of rotatable bonds is 5. The second-order valence-electron chi connectivity index (χ2n) is 5.31. The van der Waals surface area contributed by atoms with Crippen LogP contribution in [0.25, 0.3) is 10.8 Å². The summed E-state index contributed by atoms with van der Waals surface area (Å²) in [4.78, 5) is 11.0. The van der Waals surface area contributed by atoms with Gasteiger partial charge in [0.2, 0.25) is 5.91 Å². The van der Waals surface area contributed by atoms with E-state index in [1.807, 2.05) is 31.2 Å². The molecule has 0 spiro atoms. The van der Waals surface area contributed by atoms with E-state index in [-0.39, 0.29) is 5.91 Å². The summed E-state index contributed by atoms with van der Waals surface area (Å²) >= 11 is -1.84. The van der Waals surface area contributed by atoms with Gasteiger partial charge in [0.1, 0.15) is 5.75 Å². The molecule has 0 saturated heterocycles. The quantitative estimate of drug-likeness (QED) is 0.733. The Labute approximate surface area is 147 Å². The summed E-state index contributed by atoms with van der Waals surface area (Å²) in [7, 11) is 0. The minimum absolute atomic E-state index is 0.163. The molecular formula is C17H16N4O3S. The van der Waals surface area contributed by atoms with Gasteiger partial charge in [-0.25, -0.2) is 0 Å². The number of hydrogen-bond donors (Lipinski definition) is 2. The second-order valence-corrected chi connectivity index (χ2v) is 6.15. The normalized spacial score (nSPS) is 11.8. The number of carbonyl (C=O) groups excluding carboxylic acids is 1. The number of hydrogen-bond acceptors (Lipinski definition) is 5. The number of carbonyl (C=O) groups is 1. The molecule has 2 N–H and O–H groups in total. The number of anilines is 2. The molecular weight excluding hydrogens is 340 g/mol. The van der Waals surface area contributed by atoms with Crippen molar-refractivity contribution in [2.45, 2.75) is 13.8 Å². The molecule has 1 amide bonds. The summed E-state index contributed by atoms with van der Waals surface area (Å²) in [6.07, 6.45) is 0. The molecule has 0 unspecified atom stereocenters. The zero-order chi connectivity index (χ0) is 17.8. The van der Waals surface area contributed by atoms with E-state index in [0.29, 0.717) is 17.3 Å². The Kier molecular flexibility index (Phi) is 4.90. The summed E-state index contributed by atoms with van der Waals surface area (Å²) in [5.74, 6) is 0.613. The van der Waals surface area contributed by atoms with Gasteiger partial charge in [-0.1, -0.05) is 24.3 Å². The summed E-state index contributed by atoms with van der Waals surface area (Å²) < 4.78 is 20.3. The number of fused-ring (bicyclic) bond motifs is 1. The monoisotopic (exact) mass is 356 g/mol. The molecule has 25 heavy (non-hydrogen) atoms. The van der Waals surface area contributed by atoms with E-state index in [2.05, 4.69) is 20.2 Å². The third kappa shape index (κ3) is 4.10. The minimum Gasteiger partial charge on any atom is -0.385 e. The predicted molar refractivity (Wildman–Crippen MR) is 97.4 cm³/mol. The fourth-order valence-corrected chi connectivity index (χ4v) is 2.93. The molecule has 3 aromatic rings. The van der Waals surface area contributed by atoms with E-state index in [0.717, 1.165) is 16.5 Å². The maximum atomic E-state index is 12.2. The Bertz CT molecular complexity index is 944. The molecule has 1 atom stereocenters. The van der Waals surface area contributed by atoms with Gasteiger partial charge in [-0.05, 0) is 31.2 Å². The van der Waals surface area contributed by atoms with Crippen LogP contribution in [0.5, 0.6) is 5.75 Å². The summed E-state index contributed by atoms with van der Waals surface area (Å²) in [6.45, 7) is 3.29. The fraction of sp³-hybridized carbons (Fsp3) is 0.118. The topological polar surface area (TPSA) is 93.2 Å². The third-order valence-electron chi connectivity index (χ3n) is 3.40. The van der Waals surface area contributed by atoms with Crippen molar-refractivity contribution in [3.8, 4) is 5.75 Å². The summed E-state index contributed by atoms with van der Waals surface area (Å²) in [6, 6.07) is 14.1. The van der Waals surface area contributed by atoms with Crippen LogP contribution >= 0.6 is 0 Å². The van der Waals surface area contributed by atoms with Crippen molar-refractivity contribution in [2.75, 3.05) is 10.0 Å². The molecule has 0 aliphatic carbocycles. The van der Waals surface area contributed by atoms with Crippen LogP contribution in [0.4, 0.5) is 11.5 Å². The molecule has 0 saturated carbocycles. The van der Waals surface area contributed by atoms with Crippen LogP contribution in [0.3, 0.4) is 0 Å². The van der Waals surface area contributed by atoms with Gasteiger partial charge in [0, 0.05) is 23.4 Å². The lowest BCUT2D eigenvalue weighted by atomic mass is 10.1. The predicted octanol–water partition coefficient (Wildman–Crippen LogP) is 2.97. The molecule has 0 aliphatic heterocycles. The van der Waals surface area contributed by atoms with E-state index in [9.17, 15) is 9.00 Å². The molecule has 7 nitrogen and oxygen atoms in total. The van der Waals surface area contributed by atoms with Gasteiger partial charge in [0.25, 0.3) is 0 Å². The van der Waals surface area contributed by atoms with E-state index in [1.54, 1.807) is 24.3 Å². The van der Waals surface area contributed by atoms with Crippen molar-refractivity contribution in [1.82, 2.24) is 10.2 Å². The van der Waals surface area contributed by atoms with Gasteiger partial charge in [-0.2, -0.15) is 9.31 Å². The Morgan fingerprint density at radius 2 is 1.72 bits per heavy atom. The first-order valence-corrected chi connectivity index (χ1v) is 8.57. The highest BCUT2D eigenvalue weighted by Crippen LogP contribution is 2.23. The van der Waals surface area contributed by atoms with Crippen molar-refractivity contribution < 1.29 is 13.2 Å². The van der Waals surface area contributed by atoms with Gasteiger partial charge in [-0.3, -0.25) is 9.52 Å². The zero-order valence-electron chi connectivity index (χ0n) is 13.6. The molecule has 1 aromatic heterocycles. The smallest absolute Gasteiger partial charge is 0.317 e. The van der Waals surface area contributed by atoms with Crippen LogP contribution in [0.2, 0.25) is 0 Å². The van der Waals surface area contributed by atoms with Crippen molar-refractivity contribution in [2.24, 2.45) is 0 Å². The number of aryl methyl sites for hydroxylation is 1. The maximum absolute atomic E-state index is 12.2. The fourth-order valence-electron chi connectivity index (χ4n) is 2.30. The van der Waals surface area contributed by atoms with Crippen molar-refractivity contribution in [3.05, 3.63) is 54.2 Å². The summed E-state index contributed by atoms with van der Waals surface area (Å²) in [5, 5.41) is 12.5. The first-order chi connectivity index (χ1) is 12.0. The Morgan fingerprint density at radius 3 is 2.40 bits per heavy atom. The Balaban J connectivity index is 1.73. The minimum atomic E-state index is -1.84. The number of aromatic nitrogens is 2. The molecule has 128 valence electrons. The first kappa shape index (κ1) is 16.8. The standard InChI is InChI=1S/C17H16N4O3S/c1-11-15-5-3-4-6-16(15)17(20-19-11)21-25(23)24-14-9-7-13(8-10-14)18-12(2)22/h3-10H,1-2H3,(H,18,22)(H,20,21)/t25-/m1/s1. The Hall–Kier alpha value is -3.00. The van der Waals surface area contributed by atoms with Gasteiger partial charge < -0.3 is 9.50 Å². The third-order valence-corrected chi connectivity index (χ3v) is 4.10. The average Bonchev–Trinajstić information content (AvgIpc) is 2.59. The molecule has 8 heteroatoms. The van der Waals surface area contributed by atoms with Crippen LogP contribution in [-0.4, -0.2) is 20.3 Å². The van der Waals surface area contributed by atoms with Crippen LogP contribution < -0.4 is 14.2 Å². The van der Waals surface area contributed by atoms with Crippen LogP contribution in [0.15, 0.2) is 48.5 Å². The second kappa shape index (κ2) is 7.27.